The van der Waals surface area contributed by atoms with Crippen LogP contribution in [-0.2, 0) is 0 Å². The predicted molar refractivity (Wildman–Crippen MR) is 74.6 cm³/mol. The minimum absolute atomic E-state index is 0.252. The molecule has 84 valence electrons. The maximum absolute atomic E-state index is 9.94. The fraction of sp³-hybridized carbons (Fsp3) is 0.800. The van der Waals surface area contributed by atoms with E-state index in [0.29, 0.717) is 0 Å². The van der Waals surface area contributed by atoms with Crippen LogP contribution in [0.15, 0.2) is 11.8 Å². The van der Waals surface area contributed by atoms with Crippen molar-refractivity contribution in [2.24, 2.45) is 0 Å². The molecule has 0 saturated heterocycles. The third-order valence-electron chi connectivity index (χ3n) is 1.92. The maximum atomic E-state index is 9.94. The fourth-order valence-electron chi connectivity index (χ4n) is 0.997. The zero-order valence-electron chi connectivity index (χ0n) is 10.1. The van der Waals surface area contributed by atoms with Crippen LogP contribution in [0, 0.1) is 0 Å². The second-order valence-corrected chi connectivity index (χ2v) is 18.2. The molecule has 0 fully saturated rings. The average Bonchev–Trinajstić information content (AvgIpc) is 1.95. The molecule has 14 heavy (non-hydrogen) atoms. The normalized spacial score (nSPS) is 18.6. The van der Waals surface area contributed by atoms with E-state index >= 15 is 0 Å². The number of halogens is 1. The Morgan fingerprint density at radius 2 is 1.50 bits per heavy atom. The third-order valence-corrected chi connectivity index (χ3v) is 9.77. The first kappa shape index (κ1) is 14.6. The average molecular weight is 295 g/mol. The molecule has 0 rings (SSSR count). The Morgan fingerprint density at radius 3 is 1.79 bits per heavy atom. The molecule has 1 N–H and O–H groups in total. The molecule has 0 aromatic carbocycles. The topological polar surface area (TPSA) is 20.2 Å². The summed E-state index contributed by atoms with van der Waals surface area (Å²) in [6, 6.07) is 0. The number of hydrogen-bond acceptors (Lipinski definition) is 1. The second kappa shape index (κ2) is 5.10. The molecule has 0 aliphatic rings. The van der Waals surface area contributed by atoms with Crippen molar-refractivity contribution in [3.05, 3.63) is 11.8 Å². The molecule has 0 aliphatic heterocycles. The molecule has 0 amide bonds. The molecular formula is C10H23BrOSi2. The lowest BCUT2D eigenvalue weighted by Gasteiger charge is -2.26. The van der Waals surface area contributed by atoms with Crippen LogP contribution in [0.4, 0.5) is 0 Å². The lowest BCUT2D eigenvalue weighted by molar-refractivity contribution is 0.238. The van der Waals surface area contributed by atoms with Crippen molar-refractivity contribution in [1.29, 1.82) is 0 Å². The molecule has 0 heterocycles. The van der Waals surface area contributed by atoms with E-state index in [1.807, 2.05) is 6.08 Å². The van der Waals surface area contributed by atoms with Gasteiger partial charge >= 0.3 is 0 Å². The lowest BCUT2D eigenvalue weighted by Crippen LogP contribution is -2.41. The standard InChI is InChI=1S/C10H23BrOSi2/c1-13(2,3)8-7-9(12)10(11)14(4,5)6/h7-10,12H,1-6H3/b8-7+/t9-,10+/m1/s1. The van der Waals surface area contributed by atoms with Crippen molar-refractivity contribution in [3.63, 3.8) is 0 Å². The van der Waals surface area contributed by atoms with E-state index in [0.717, 1.165) is 0 Å². The monoisotopic (exact) mass is 294 g/mol. The zero-order chi connectivity index (χ0) is 11.6. The zero-order valence-corrected chi connectivity index (χ0v) is 13.7. The van der Waals surface area contributed by atoms with Crippen LogP contribution >= 0.6 is 15.9 Å². The highest BCUT2D eigenvalue weighted by Gasteiger charge is 2.29. The van der Waals surface area contributed by atoms with Gasteiger partial charge < -0.3 is 5.11 Å². The largest absolute Gasteiger partial charge is 0.388 e. The number of aliphatic hydroxyl groups excluding tert-OH is 1. The molecule has 0 unspecified atom stereocenters. The van der Waals surface area contributed by atoms with Crippen LogP contribution in [0.25, 0.3) is 0 Å². The summed E-state index contributed by atoms with van der Waals surface area (Å²) < 4.78 is 0.252. The van der Waals surface area contributed by atoms with E-state index in [2.05, 4.69) is 60.9 Å². The molecule has 1 nitrogen and oxygen atoms in total. The Morgan fingerprint density at radius 1 is 1.07 bits per heavy atom. The van der Waals surface area contributed by atoms with Gasteiger partial charge in [-0.2, -0.15) is 0 Å². The van der Waals surface area contributed by atoms with Crippen LogP contribution in [-0.4, -0.2) is 31.8 Å². The summed E-state index contributed by atoms with van der Waals surface area (Å²) >= 11 is 3.61. The SMILES string of the molecule is C[Si](C)(C)/C=C/[C@@H](O)[C@@H](Br)[Si](C)(C)C. The Kier molecular flexibility index (Phi) is 5.32. The summed E-state index contributed by atoms with van der Waals surface area (Å²) in [5.74, 6) is 0. The van der Waals surface area contributed by atoms with Gasteiger partial charge in [0, 0.05) is 4.45 Å². The van der Waals surface area contributed by atoms with E-state index in [-0.39, 0.29) is 10.6 Å². The summed E-state index contributed by atoms with van der Waals surface area (Å²) in [6.07, 6.45) is 1.65. The van der Waals surface area contributed by atoms with Gasteiger partial charge in [-0.1, -0.05) is 67.0 Å². The van der Waals surface area contributed by atoms with Crippen LogP contribution in [0.3, 0.4) is 0 Å². The summed E-state index contributed by atoms with van der Waals surface area (Å²) in [4.78, 5) is 0. The first-order chi connectivity index (χ1) is 6.04. The molecule has 0 saturated carbocycles. The minimum Gasteiger partial charge on any atom is -0.388 e. The van der Waals surface area contributed by atoms with E-state index in [1.54, 1.807) is 0 Å². The third kappa shape index (κ3) is 6.16. The van der Waals surface area contributed by atoms with Crippen LogP contribution < -0.4 is 0 Å². The smallest absolute Gasteiger partial charge is 0.0817 e. The highest BCUT2D eigenvalue weighted by atomic mass is 79.9. The maximum Gasteiger partial charge on any atom is 0.0817 e. The molecule has 0 aromatic heterocycles. The molecule has 0 aliphatic carbocycles. The van der Waals surface area contributed by atoms with Gasteiger partial charge in [0.25, 0.3) is 0 Å². The Bertz CT molecular complexity index is 203. The Balaban J connectivity index is 4.36. The Labute approximate surface area is 98.8 Å². The Hall–Kier alpha value is 0.614. The first-order valence-electron chi connectivity index (χ1n) is 5.05. The molecule has 0 radical (unpaired) electrons. The molecule has 4 heteroatoms. The van der Waals surface area contributed by atoms with Crippen molar-refractivity contribution in [2.75, 3.05) is 0 Å². The summed E-state index contributed by atoms with van der Waals surface area (Å²) in [7, 11) is -2.46. The van der Waals surface area contributed by atoms with E-state index in [9.17, 15) is 5.11 Å². The van der Waals surface area contributed by atoms with Gasteiger partial charge in [0.15, 0.2) is 0 Å². The molecule has 0 bridgehead atoms. The number of rotatable bonds is 4. The highest BCUT2D eigenvalue weighted by Crippen LogP contribution is 2.21. The van der Waals surface area contributed by atoms with Crippen molar-refractivity contribution in [3.8, 4) is 0 Å². The molecular weight excluding hydrogens is 272 g/mol. The van der Waals surface area contributed by atoms with Crippen LogP contribution in [0.5, 0.6) is 0 Å². The summed E-state index contributed by atoms with van der Waals surface area (Å²) in [5, 5.41) is 9.94. The summed E-state index contributed by atoms with van der Waals surface area (Å²) in [6.45, 7) is 13.6. The number of hydrogen-bond donors (Lipinski definition) is 1. The minimum atomic E-state index is -1.29. The predicted octanol–water partition coefficient (Wildman–Crippen LogP) is 3.42. The van der Waals surface area contributed by atoms with Gasteiger partial charge in [0.05, 0.1) is 22.3 Å². The highest BCUT2D eigenvalue weighted by molar-refractivity contribution is 9.10. The van der Waals surface area contributed by atoms with Crippen LogP contribution in [0.1, 0.15) is 0 Å². The van der Waals surface area contributed by atoms with Crippen molar-refractivity contribution in [2.45, 2.75) is 49.8 Å². The van der Waals surface area contributed by atoms with Gasteiger partial charge in [-0.15, -0.1) is 0 Å². The van der Waals surface area contributed by atoms with Crippen molar-refractivity contribution >= 4 is 32.1 Å². The number of aliphatic hydroxyl groups is 1. The van der Waals surface area contributed by atoms with Crippen molar-refractivity contribution < 1.29 is 5.11 Å². The van der Waals surface area contributed by atoms with Gasteiger partial charge in [-0.3, -0.25) is 0 Å². The molecule has 2 atom stereocenters. The second-order valence-electron chi connectivity index (χ2n) is 5.98. The lowest BCUT2D eigenvalue weighted by atomic mass is 10.4. The number of alkyl halides is 1. The van der Waals surface area contributed by atoms with Gasteiger partial charge in [-0.05, 0) is 0 Å². The summed E-state index contributed by atoms with van der Waals surface area (Å²) in [5.41, 5.74) is 2.21. The molecule has 0 aromatic rings. The molecule has 0 spiro atoms. The first-order valence-corrected chi connectivity index (χ1v) is 13.1. The van der Waals surface area contributed by atoms with E-state index in [1.165, 1.54) is 0 Å². The van der Waals surface area contributed by atoms with E-state index < -0.39 is 16.1 Å². The van der Waals surface area contributed by atoms with Gasteiger partial charge in [0.1, 0.15) is 0 Å². The van der Waals surface area contributed by atoms with E-state index in [4.69, 9.17) is 0 Å². The van der Waals surface area contributed by atoms with Gasteiger partial charge in [-0.25, -0.2) is 0 Å². The fourth-order valence-corrected chi connectivity index (χ4v) is 3.08. The van der Waals surface area contributed by atoms with Crippen LogP contribution in [0.2, 0.25) is 39.3 Å². The van der Waals surface area contributed by atoms with Gasteiger partial charge in [0.2, 0.25) is 0 Å². The quantitative estimate of drug-likeness (QED) is 0.622. The van der Waals surface area contributed by atoms with Crippen molar-refractivity contribution in [1.82, 2.24) is 0 Å².